The number of aromatic nitrogens is 1. The van der Waals surface area contributed by atoms with Crippen LogP contribution in [0.4, 0.5) is 0 Å². The van der Waals surface area contributed by atoms with Gasteiger partial charge in [-0.15, -0.1) is 0 Å². The molecule has 1 aliphatic rings. The summed E-state index contributed by atoms with van der Waals surface area (Å²) >= 11 is 0. The molecule has 0 radical (unpaired) electrons. The maximum absolute atomic E-state index is 13.1. The van der Waals surface area contributed by atoms with E-state index in [2.05, 4.69) is 4.98 Å². The summed E-state index contributed by atoms with van der Waals surface area (Å²) < 4.78 is 5.50. The van der Waals surface area contributed by atoms with Crippen LogP contribution >= 0.6 is 0 Å². The highest BCUT2D eigenvalue weighted by molar-refractivity contribution is 5.96. The molecule has 1 aromatic heterocycles. The fourth-order valence-corrected chi connectivity index (χ4v) is 3.79. The van der Waals surface area contributed by atoms with Crippen LogP contribution in [0.2, 0.25) is 0 Å². The Morgan fingerprint density at radius 2 is 1.96 bits per heavy atom. The fraction of sp³-hybridized carbons (Fsp3) is 0.273. The van der Waals surface area contributed by atoms with Crippen molar-refractivity contribution in [3.63, 3.8) is 0 Å². The molecule has 0 aliphatic carbocycles. The number of hydrogen-bond donors (Lipinski definition) is 1. The zero-order valence-corrected chi connectivity index (χ0v) is 15.3. The summed E-state index contributed by atoms with van der Waals surface area (Å²) in [5.41, 5.74) is 1.21. The lowest BCUT2D eigenvalue weighted by Gasteiger charge is -2.25. The SMILES string of the molecule is CCOc1ccc(C2CCCN2C(=O)c2cc3ccccc3c(=O)[nH]2)cc1. The topological polar surface area (TPSA) is 62.4 Å². The Morgan fingerprint density at radius 1 is 1.19 bits per heavy atom. The zero-order chi connectivity index (χ0) is 18.8. The molecule has 27 heavy (non-hydrogen) atoms. The quantitative estimate of drug-likeness (QED) is 0.765. The summed E-state index contributed by atoms with van der Waals surface area (Å²) in [6, 6.07) is 17.0. The van der Waals surface area contributed by atoms with E-state index in [1.807, 2.05) is 54.3 Å². The molecule has 1 aliphatic heterocycles. The van der Waals surface area contributed by atoms with Crippen molar-refractivity contribution >= 4 is 16.7 Å². The standard InChI is InChI=1S/C22H22N2O3/c1-2-27-17-11-9-15(10-12-17)20-8-5-13-24(20)22(26)19-14-16-6-3-4-7-18(16)21(25)23-19/h3-4,6-7,9-12,14,20H,2,5,8,13H2,1H3,(H,23,25). The highest BCUT2D eigenvalue weighted by Crippen LogP contribution is 2.33. The van der Waals surface area contributed by atoms with Crippen LogP contribution in [0.3, 0.4) is 0 Å². The van der Waals surface area contributed by atoms with E-state index in [1.54, 1.807) is 12.1 Å². The highest BCUT2D eigenvalue weighted by atomic mass is 16.5. The predicted molar refractivity (Wildman–Crippen MR) is 105 cm³/mol. The van der Waals surface area contributed by atoms with E-state index in [-0.39, 0.29) is 17.5 Å². The monoisotopic (exact) mass is 362 g/mol. The van der Waals surface area contributed by atoms with E-state index in [0.29, 0.717) is 24.2 Å². The largest absolute Gasteiger partial charge is 0.494 e. The van der Waals surface area contributed by atoms with Crippen molar-refractivity contribution in [1.82, 2.24) is 9.88 Å². The van der Waals surface area contributed by atoms with Gasteiger partial charge in [0.05, 0.1) is 12.6 Å². The fourth-order valence-electron chi connectivity index (χ4n) is 3.79. The third kappa shape index (κ3) is 3.33. The van der Waals surface area contributed by atoms with Crippen LogP contribution < -0.4 is 10.3 Å². The number of amides is 1. The molecule has 2 heterocycles. The van der Waals surface area contributed by atoms with Gasteiger partial charge in [-0.25, -0.2) is 0 Å². The first-order valence-electron chi connectivity index (χ1n) is 9.33. The van der Waals surface area contributed by atoms with Crippen LogP contribution in [-0.2, 0) is 0 Å². The molecule has 1 atom stereocenters. The minimum absolute atomic E-state index is 0.0168. The number of H-pyrrole nitrogens is 1. The molecule has 1 N–H and O–H groups in total. The second-order valence-electron chi connectivity index (χ2n) is 6.76. The number of carbonyl (C=O) groups excluding carboxylic acids is 1. The Bertz CT molecular complexity index is 1020. The van der Waals surface area contributed by atoms with Crippen LogP contribution in [-0.4, -0.2) is 28.9 Å². The molecule has 5 heteroatoms. The van der Waals surface area contributed by atoms with Gasteiger partial charge in [0.2, 0.25) is 0 Å². The molecule has 1 amide bonds. The van der Waals surface area contributed by atoms with Crippen LogP contribution in [0.15, 0.2) is 59.4 Å². The summed E-state index contributed by atoms with van der Waals surface area (Å²) in [7, 11) is 0. The van der Waals surface area contributed by atoms with Gasteiger partial charge in [0.25, 0.3) is 11.5 Å². The molecule has 1 saturated heterocycles. The Labute approximate surface area is 157 Å². The normalized spacial score (nSPS) is 16.6. The second kappa shape index (κ2) is 7.27. The first-order chi connectivity index (χ1) is 13.2. The molecule has 3 aromatic rings. The molecule has 0 spiro atoms. The third-order valence-corrected chi connectivity index (χ3v) is 5.07. The average Bonchev–Trinajstić information content (AvgIpc) is 3.18. The van der Waals surface area contributed by atoms with E-state index in [1.165, 1.54) is 0 Å². The van der Waals surface area contributed by atoms with E-state index < -0.39 is 0 Å². The van der Waals surface area contributed by atoms with Gasteiger partial charge < -0.3 is 14.6 Å². The zero-order valence-electron chi connectivity index (χ0n) is 15.3. The van der Waals surface area contributed by atoms with Gasteiger partial charge in [-0.1, -0.05) is 30.3 Å². The van der Waals surface area contributed by atoms with Crippen molar-refractivity contribution in [2.75, 3.05) is 13.2 Å². The number of benzene rings is 2. The first-order valence-corrected chi connectivity index (χ1v) is 9.33. The molecular formula is C22H22N2O3. The van der Waals surface area contributed by atoms with Crippen molar-refractivity contribution in [1.29, 1.82) is 0 Å². The van der Waals surface area contributed by atoms with Crippen LogP contribution in [0.25, 0.3) is 10.8 Å². The van der Waals surface area contributed by atoms with Gasteiger partial charge in [0.15, 0.2) is 0 Å². The summed E-state index contributed by atoms with van der Waals surface area (Å²) in [6.07, 6.45) is 1.86. The van der Waals surface area contributed by atoms with Gasteiger partial charge >= 0.3 is 0 Å². The van der Waals surface area contributed by atoms with Gasteiger partial charge in [-0.05, 0) is 55.0 Å². The van der Waals surface area contributed by atoms with Crippen LogP contribution in [0.1, 0.15) is 41.9 Å². The third-order valence-electron chi connectivity index (χ3n) is 5.07. The average molecular weight is 362 g/mol. The number of pyridine rings is 1. The molecule has 0 saturated carbocycles. The molecule has 5 nitrogen and oxygen atoms in total. The lowest BCUT2D eigenvalue weighted by Crippen LogP contribution is -2.32. The summed E-state index contributed by atoms with van der Waals surface area (Å²) in [5.74, 6) is 0.699. The number of ether oxygens (including phenoxy) is 1. The first kappa shape index (κ1) is 17.3. The maximum atomic E-state index is 13.1. The number of aromatic amines is 1. The molecule has 138 valence electrons. The van der Waals surface area contributed by atoms with Crippen molar-refractivity contribution in [2.24, 2.45) is 0 Å². The minimum Gasteiger partial charge on any atom is -0.494 e. The molecule has 0 bridgehead atoms. The highest BCUT2D eigenvalue weighted by Gasteiger charge is 2.31. The number of hydrogen-bond acceptors (Lipinski definition) is 3. The Morgan fingerprint density at radius 3 is 2.74 bits per heavy atom. The number of fused-ring (bicyclic) bond motifs is 1. The lowest BCUT2D eigenvalue weighted by molar-refractivity contribution is 0.0729. The number of likely N-dealkylation sites (tertiary alicyclic amines) is 1. The van der Waals surface area contributed by atoms with Crippen molar-refractivity contribution in [2.45, 2.75) is 25.8 Å². The smallest absolute Gasteiger partial charge is 0.270 e. The molecule has 1 fully saturated rings. The molecule has 4 rings (SSSR count). The lowest BCUT2D eigenvalue weighted by atomic mass is 10.0. The summed E-state index contributed by atoms with van der Waals surface area (Å²) in [4.78, 5) is 30.1. The number of rotatable bonds is 4. The van der Waals surface area contributed by atoms with Crippen molar-refractivity contribution in [3.05, 3.63) is 76.2 Å². The Kier molecular flexibility index (Phi) is 4.67. The second-order valence-corrected chi connectivity index (χ2v) is 6.76. The number of nitrogens with one attached hydrogen (secondary N) is 1. The predicted octanol–water partition coefficient (Wildman–Crippen LogP) is 3.90. The van der Waals surface area contributed by atoms with E-state index in [9.17, 15) is 9.59 Å². The van der Waals surface area contributed by atoms with Gasteiger partial charge in [-0.3, -0.25) is 9.59 Å². The van der Waals surface area contributed by atoms with Crippen LogP contribution in [0.5, 0.6) is 5.75 Å². The number of carbonyl (C=O) groups is 1. The molecule has 2 aromatic carbocycles. The Hall–Kier alpha value is -3.08. The van der Waals surface area contributed by atoms with Crippen molar-refractivity contribution in [3.8, 4) is 5.75 Å². The number of nitrogens with zero attached hydrogens (tertiary/aromatic N) is 1. The summed E-state index contributed by atoms with van der Waals surface area (Å²) in [6.45, 7) is 3.27. The van der Waals surface area contributed by atoms with Gasteiger partial charge in [-0.2, -0.15) is 0 Å². The Balaban J connectivity index is 1.63. The van der Waals surface area contributed by atoms with Gasteiger partial charge in [0.1, 0.15) is 11.4 Å². The molecular weight excluding hydrogens is 340 g/mol. The van der Waals surface area contributed by atoms with E-state index in [4.69, 9.17) is 4.74 Å². The maximum Gasteiger partial charge on any atom is 0.270 e. The molecule has 1 unspecified atom stereocenters. The van der Waals surface area contributed by atoms with Crippen molar-refractivity contribution < 1.29 is 9.53 Å². The van der Waals surface area contributed by atoms with E-state index >= 15 is 0 Å². The van der Waals surface area contributed by atoms with E-state index in [0.717, 1.165) is 29.5 Å². The minimum atomic E-state index is -0.228. The summed E-state index contributed by atoms with van der Waals surface area (Å²) in [5, 5.41) is 1.37. The van der Waals surface area contributed by atoms with Crippen LogP contribution in [0, 0.1) is 0 Å². The van der Waals surface area contributed by atoms with Gasteiger partial charge in [0, 0.05) is 11.9 Å².